The van der Waals surface area contributed by atoms with E-state index in [-0.39, 0.29) is 5.91 Å². The third-order valence-corrected chi connectivity index (χ3v) is 3.66. The maximum Gasteiger partial charge on any atom is 0.259 e. The lowest BCUT2D eigenvalue weighted by atomic mass is 10.1. The van der Waals surface area contributed by atoms with E-state index in [1.807, 2.05) is 50.2 Å². The van der Waals surface area contributed by atoms with Gasteiger partial charge in [-0.15, -0.1) is 0 Å². The van der Waals surface area contributed by atoms with E-state index < -0.39 is 0 Å². The summed E-state index contributed by atoms with van der Waals surface area (Å²) in [4.78, 5) is 16.9. The van der Waals surface area contributed by atoms with Crippen molar-refractivity contribution in [3.8, 4) is 17.1 Å². The van der Waals surface area contributed by atoms with Gasteiger partial charge in [0.05, 0.1) is 12.7 Å². The largest absolute Gasteiger partial charge is 0.496 e. The fraction of sp³-hybridized carbons (Fsp3) is 0.167. The van der Waals surface area contributed by atoms with Crippen LogP contribution in [0.1, 0.15) is 21.7 Å². The molecule has 0 bridgehead atoms. The average molecular weight is 322 g/mol. The van der Waals surface area contributed by atoms with E-state index in [4.69, 9.17) is 4.74 Å². The van der Waals surface area contributed by atoms with Crippen molar-refractivity contribution in [2.75, 3.05) is 12.4 Å². The number of benzene rings is 2. The number of carbonyl (C=O) groups is 1. The Morgan fingerprint density at radius 3 is 2.67 bits per heavy atom. The Balaban J connectivity index is 1.88. The van der Waals surface area contributed by atoms with Gasteiger partial charge in [0.25, 0.3) is 5.91 Å². The molecule has 122 valence electrons. The molecule has 0 aliphatic carbocycles. The molecule has 2 N–H and O–H groups in total. The predicted octanol–water partition coefficient (Wildman–Crippen LogP) is 3.35. The van der Waals surface area contributed by atoms with Gasteiger partial charge in [-0.1, -0.05) is 24.3 Å². The van der Waals surface area contributed by atoms with Gasteiger partial charge in [-0.05, 0) is 37.6 Å². The van der Waals surface area contributed by atoms with Crippen LogP contribution in [0.3, 0.4) is 0 Å². The first-order valence-corrected chi connectivity index (χ1v) is 7.53. The average Bonchev–Trinajstić information content (AvgIpc) is 3.01. The van der Waals surface area contributed by atoms with Gasteiger partial charge < -0.3 is 10.1 Å². The minimum absolute atomic E-state index is 0.215. The minimum atomic E-state index is -0.215. The van der Waals surface area contributed by atoms with Crippen molar-refractivity contribution < 1.29 is 9.53 Å². The van der Waals surface area contributed by atoms with E-state index in [2.05, 4.69) is 20.5 Å². The van der Waals surface area contributed by atoms with Gasteiger partial charge in [0.1, 0.15) is 11.6 Å². The third-order valence-electron chi connectivity index (χ3n) is 3.66. The number of aromatic nitrogens is 3. The molecule has 0 unspecified atom stereocenters. The Kier molecular flexibility index (Phi) is 4.29. The molecule has 3 rings (SSSR count). The summed E-state index contributed by atoms with van der Waals surface area (Å²) < 4.78 is 5.30. The zero-order chi connectivity index (χ0) is 17.1. The number of ether oxygens (including phenoxy) is 1. The van der Waals surface area contributed by atoms with Crippen LogP contribution < -0.4 is 10.1 Å². The number of H-pyrrole nitrogens is 1. The normalized spacial score (nSPS) is 10.5. The molecule has 1 aromatic heterocycles. The first-order chi connectivity index (χ1) is 11.6. The lowest BCUT2D eigenvalue weighted by Crippen LogP contribution is -2.14. The molecule has 24 heavy (non-hydrogen) atoms. The van der Waals surface area contributed by atoms with Crippen molar-refractivity contribution in [2.45, 2.75) is 13.8 Å². The number of nitrogens with zero attached hydrogens (tertiary/aromatic N) is 2. The minimum Gasteiger partial charge on any atom is -0.496 e. The van der Waals surface area contributed by atoms with Crippen LogP contribution in [0, 0.1) is 13.8 Å². The zero-order valence-electron chi connectivity index (χ0n) is 13.8. The molecule has 0 saturated carbocycles. The van der Waals surface area contributed by atoms with E-state index in [9.17, 15) is 4.79 Å². The van der Waals surface area contributed by atoms with Gasteiger partial charge in [0.2, 0.25) is 0 Å². The van der Waals surface area contributed by atoms with Gasteiger partial charge in [0, 0.05) is 11.3 Å². The van der Waals surface area contributed by atoms with Crippen LogP contribution in [0.4, 0.5) is 5.69 Å². The molecule has 1 heterocycles. The SMILES string of the molecule is COc1cccc(C)c1C(=O)Nc1cccc(-c2n[nH]c(C)n2)c1. The van der Waals surface area contributed by atoms with Gasteiger partial charge in [0.15, 0.2) is 5.82 Å². The van der Waals surface area contributed by atoms with Crippen molar-refractivity contribution in [3.05, 3.63) is 59.4 Å². The monoisotopic (exact) mass is 322 g/mol. The number of amides is 1. The molecule has 3 aromatic rings. The highest BCUT2D eigenvalue weighted by atomic mass is 16.5. The molecule has 0 aliphatic rings. The van der Waals surface area contributed by atoms with E-state index in [0.717, 1.165) is 17.0 Å². The van der Waals surface area contributed by atoms with E-state index >= 15 is 0 Å². The molecule has 1 amide bonds. The first-order valence-electron chi connectivity index (χ1n) is 7.53. The highest BCUT2D eigenvalue weighted by molar-refractivity contribution is 6.07. The molecule has 2 aromatic carbocycles. The summed E-state index contributed by atoms with van der Waals surface area (Å²) in [5.74, 6) is 1.67. The number of carbonyl (C=O) groups excluding carboxylic acids is 1. The van der Waals surface area contributed by atoms with E-state index in [1.165, 1.54) is 0 Å². The second-order valence-corrected chi connectivity index (χ2v) is 5.43. The standard InChI is InChI=1S/C18H18N4O2/c1-11-6-4-9-15(24-3)16(11)18(23)20-14-8-5-7-13(10-14)17-19-12(2)21-22-17/h4-10H,1-3H3,(H,20,23)(H,19,21,22). The maximum absolute atomic E-state index is 12.6. The summed E-state index contributed by atoms with van der Waals surface area (Å²) in [5.41, 5.74) is 2.88. The molecule has 0 fully saturated rings. The molecule has 6 nitrogen and oxygen atoms in total. The quantitative estimate of drug-likeness (QED) is 0.772. The second kappa shape index (κ2) is 6.54. The molecular formula is C18H18N4O2. The van der Waals surface area contributed by atoms with Crippen molar-refractivity contribution in [2.24, 2.45) is 0 Å². The van der Waals surface area contributed by atoms with Crippen LogP contribution in [0.15, 0.2) is 42.5 Å². The van der Waals surface area contributed by atoms with Gasteiger partial charge in [-0.3, -0.25) is 9.89 Å². The zero-order valence-corrected chi connectivity index (χ0v) is 13.8. The lowest BCUT2D eigenvalue weighted by molar-refractivity contribution is 0.102. The highest BCUT2D eigenvalue weighted by Gasteiger charge is 2.15. The van der Waals surface area contributed by atoms with Crippen LogP contribution >= 0.6 is 0 Å². The molecule has 0 saturated heterocycles. The van der Waals surface area contributed by atoms with Crippen LogP contribution in [-0.4, -0.2) is 28.2 Å². The topological polar surface area (TPSA) is 79.9 Å². The number of nitrogens with one attached hydrogen (secondary N) is 2. The lowest BCUT2D eigenvalue weighted by Gasteiger charge is -2.12. The fourth-order valence-corrected chi connectivity index (χ4v) is 2.50. The van der Waals surface area contributed by atoms with Crippen molar-refractivity contribution in [3.63, 3.8) is 0 Å². The number of hydrogen-bond acceptors (Lipinski definition) is 4. The summed E-state index contributed by atoms with van der Waals surface area (Å²) >= 11 is 0. The number of hydrogen-bond donors (Lipinski definition) is 2. The van der Waals surface area contributed by atoms with Crippen LogP contribution in [-0.2, 0) is 0 Å². The Hall–Kier alpha value is -3.15. The highest BCUT2D eigenvalue weighted by Crippen LogP contribution is 2.24. The number of aryl methyl sites for hydroxylation is 2. The smallest absolute Gasteiger partial charge is 0.259 e. The number of rotatable bonds is 4. The van der Waals surface area contributed by atoms with Crippen LogP contribution in [0.25, 0.3) is 11.4 Å². The van der Waals surface area contributed by atoms with Gasteiger partial charge >= 0.3 is 0 Å². The predicted molar refractivity (Wildman–Crippen MR) is 92.2 cm³/mol. The number of aromatic amines is 1. The van der Waals surface area contributed by atoms with Crippen LogP contribution in [0.5, 0.6) is 5.75 Å². The molecular weight excluding hydrogens is 304 g/mol. The molecule has 0 spiro atoms. The number of methoxy groups -OCH3 is 1. The second-order valence-electron chi connectivity index (χ2n) is 5.43. The Morgan fingerprint density at radius 1 is 1.17 bits per heavy atom. The van der Waals surface area contributed by atoms with Crippen molar-refractivity contribution in [1.29, 1.82) is 0 Å². The van der Waals surface area contributed by atoms with Gasteiger partial charge in [-0.25, -0.2) is 4.98 Å². The molecule has 0 aliphatic heterocycles. The van der Waals surface area contributed by atoms with E-state index in [1.54, 1.807) is 13.2 Å². The summed E-state index contributed by atoms with van der Waals surface area (Å²) in [6.45, 7) is 3.72. The number of anilines is 1. The summed E-state index contributed by atoms with van der Waals surface area (Å²) in [7, 11) is 1.55. The fourth-order valence-electron chi connectivity index (χ4n) is 2.50. The first kappa shape index (κ1) is 15.7. The Labute approximate surface area is 139 Å². The summed E-state index contributed by atoms with van der Waals surface area (Å²) in [6, 6.07) is 12.9. The van der Waals surface area contributed by atoms with E-state index in [0.29, 0.717) is 22.8 Å². The van der Waals surface area contributed by atoms with Gasteiger partial charge in [-0.2, -0.15) is 5.10 Å². The molecule has 6 heteroatoms. The molecule has 0 radical (unpaired) electrons. The Morgan fingerprint density at radius 2 is 1.96 bits per heavy atom. The summed E-state index contributed by atoms with van der Waals surface area (Å²) in [5, 5.41) is 9.85. The Bertz CT molecular complexity index is 886. The summed E-state index contributed by atoms with van der Waals surface area (Å²) in [6.07, 6.45) is 0. The third kappa shape index (κ3) is 3.12. The molecule has 0 atom stereocenters. The van der Waals surface area contributed by atoms with Crippen molar-refractivity contribution >= 4 is 11.6 Å². The van der Waals surface area contributed by atoms with Crippen LogP contribution in [0.2, 0.25) is 0 Å². The maximum atomic E-state index is 12.6. The van der Waals surface area contributed by atoms with Crippen molar-refractivity contribution in [1.82, 2.24) is 15.2 Å².